The van der Waals surface area contributed by atoms with Crippen molar-refractivity contribution in [1.29, 1.82) is 0 Å². The zero-order valence-corrected chi connectivity index (χ0v) is 12.9. The highest BCUT2D eigenvalue weighted by atomic mass is 15.0. The Bertz CT molecular complexity index is 928. The Kier molecular flexibility index (Phi) is 3.12. The Morgan fingerprint density at radius 1 is 0.826 bits per heavy atom. The van der Waals surface area contributed by atoms with Crippen molar-refractivity contribution in [3.05, 3.63) is 78.6 Å². The van der Waals surface area contributed by atoms with Gasteiger partial charge >= 0.3 is 0 Å². The molecule has 0 saturated heterocycles. The Morgan fingerprint density at radius 2 is 1.48 bits per heavy atom. The SMILES string of the molecule is Cc1cc2nc(-c3ccc(-c4ccccc4)cc3)cn2cc1N. The summed E-state index contributed by atoms with van der Waals surface area (Å²) in [6.45, 7) is 2.00. The third-order valence-electron chi connectivity index (χ3n) is 4.13. The Balaban J connectivity index is 1.73. The molecule has 23 heavy (non-hydrogen) atoms. The van der Waals surface area contributed by atoms with Crippen LogP contribution in [0.2, 0.25) is 0 Å². The average Bonchev–Trinajstić information content (AvgIpc) is 2.99. The summed E-state index contributed by atoms with van der Waals surface area (Å²) in [5.41, 5.74) is 13.2. The molecule has 3 heteroatoms. The number of anilines is 1. The van der Waals surface area contributed by atoms with E-state index in [0.717, 1.165) is 28.2 Å². The molecule has 4 aromatic rings. The summed E-state index contributed by atoms with van der Waals surface area (Å²) in [6.07, 6.45) is 3.93. The molecule has 0 aliphatic heterocycles. The van der Waals surface area contributed by atoms with Crippen molar-refractivity contribution in [2.45, 2.75) is 6.92 Å². The predicted molar refractivity (Wildman–Crippen MR) is 95.2 cm³/mol. The predicted octanol–water partition coefficient (Wildman–Crippen LogP) is 4.56. The standard InChI is InChI=1S/C20H17N3/c1-14-11-20-22-19(13-23(20)12-18(14)21)17-9-7-16(8-10-17)15-5-3-2-4-6-15/h2-13H,21H2,1H3. The van der Waals surface area contributed by atoms with Gasteiger partial charge in [0.1, 0.15) is 5.65 Å². The number of rotatable bonds is 2. The summed E-state index contributed by atoms with van der Waals surface area (Å²) in [7, 11) is 0. The third kappa shape index (κ3) is 2.46. The van der Waals surface area contributed by atoms with Crippen LogP contribution in [0.5, 0.6) is 0 Å². The van der Waals surface area contributed by atoms with Crippen LogP contribution in [0.4, 0.5) is 5.69 Å². The van der Waals surface area contributed by atoms with Crippen molar-refractivity contribution >= 4 is 11.3 Å². The number of aromatic nitrogens is 2. The number of nitrogens with zero attached hydrogens (tertiary/aromatic N) is 2. The largest absolute Gasteiger partial charge is 0.397 e. The molecule has 0 fully saturated rings. The van der Waals surface area contributed by atoms with Crippen molar-refractivity contribution in [1.82, 2.24) is 9.38 Å². The van der Waals surface area contributed by atoms with Gasteiger partial charge < -0.3 is 10.1 Å². The summed E-state index contributed by atoms with van der Waals surface area (Å²) < 4.78 is 1.97. The molecule has 2 N–H and O–H groups in total. The number of aryl methyl sites for hydroxylation is 1. The summed E-state index contributed by atoms with van der Waals surface area (Å²) in [6, 6.07) is 20.9. The van der Waals surface area contributed by atoms with E-state index in [4.69, 9.17) is 10.7 Å². The van der Waals surface area contributed by atoms with E-state index in [-0.39, 0.29) is 0 Å². The molecule has 0 atom stereocenters. The van der Waals surface area contributed by atoms with Crippen LogP contribution in [-0.4, -0.2) is 9.38 Å². The number of nitrogen functional groups attached to an aromatic ring is 1. The van der Waals surface area contributed by atoms with E-state index in [1.165, 1.54) is 11.1 Å². The molecule has 0 bridgehead atoms. The molecule has 0 amide bonds. The van der Waals surface area contributed by atoms with E-state index in [1.807, 2.05) is 35.9 Å². The Hall–Kier alpha value is -3.07. The Morgan fingerprint density at radius 3 is 2.22 bits per heavy atom. The number of pyridine rings is 1. The van der Waals surface area contributed by atoms with E-state index in [2.05, 4.69) is 48.5 Å². The maximum Gasteiger partial charge on any atom is 0.137 e. The van der Waals surface area contributed by atoms with Crippen LogP contribution < -0.4 is 5.73 Å². The molecule has 112 valence electrons. The molecule has 0 radical (unpaired) electrons. The minimum absolute atomic E-state index is 0.779. The first-order valence-electron chi connectivity index (χ1n) is 7.61. The first kappa shape index (κ1) is 13.6. The second-order valence-corrected chi connectivity index (χ2v) is 5.75. The van der Waals surface area contributed by atoms with Gasteiger partial charge in [0.15, 0.2) is 0 Å². The maximum absolute atomic E-state index is 5.97. The van der Waals surface area contributed by atoms with Crippen molar-refractivity contribution in [3.63, 3.8) is 0 Å². The van der Waals surface area contributed by atoms with Gasteiger partial charge in [-0.05, 0) is 29.7 Å². The fourth-order valence-electron chi connectivity index (χ4n) is 2.75. The van der Waals surface area contributed by atoms with Gasteiger partial charge in [-0.15, -0.1) is 0 Å². The molecule has 0 saturated carbocycles. The molecule has 0 aliphatic rings. The molecule has 2 aromatic carbocycles. The summed E-state index contributed by atoms with van der Waals surface area (Å²) in [4.78, 5) is 4.69. The Labute approximate surface area is 135 Å². The summed E-state index contributed by atoms with van der Waals surface area (Å²) >= 11 is 0. The number of fused-ring (bicyclic) bond motifs is 1. The normalized spacial score (nSPS) is 11.0. The lowest BCUT2D eigenvalue weighted by molar-refractivity contribution is 1.18. The lowest BCUT2D eigenvalue weighted by Gasteiger charge is -2.02. The molecular weight excluding hydrogens is 282 g/mol. The van der Waals surface area contributed by atoms with Crippen LogP contribution >= 0.6 is 0 Å². The van der Waals surface area contributed by atoms with E-state index in [9.17, 15) is 0 Å². The molecule has 2 heterocycles. The molecule has 2 aromatic heterocycles. The smallest absolute Gasteiger partial charge is 0.137 e. The second-order valence-electron chi connectivity index (χ2n) is 5.75. The monoisotopic (exact) mass is 299 g/mol. The van der Waals surface area contributed by atoms with Gasteiger partial charge in [0.05, 0.1) is 11.4 Å². The molecule has 4 rings (SSSR count). The highest BCUT2D eigenvalue weighted by molar-refractivity contribution is 5.70. The minimum atomic E-state index is 0.779. The van der Waals surface area contributed by atoms with Crippen molar-refractivity contribution < 1.29 is 0 Å². The zero-order chi connectivity index (χ0) is 15.8. The summed E-state index contributed by atoms with van der Waals surface area (Å²) in [5.74, 6) is 0. The summed E-state index contributed by atoms with van der Waals surface area (Å²) in [5, 5.41) is 0. The highest BCUT2D eigenvalue weighted by Gasteiger charge is 2.06. The van der Waals surface area contributed by atoms with Crippen LogP contribution in [-0.2, 0) is 0 Å². The van der Waals surface area contributed by atoms with Gasteiger partial charge in [0.2, 0.25) is 0 Å². The van der Waals surface area contributed by atoms with Crippen LogP contribution in [0.1, 0.15) is 5.56 Å². The zero-order valence-electron chi connectivity index (χ0n) is 12.9. The first-order chi connectivity index (χ1) is 11.2. The second kappa shape index (κ2) is 5.29. The lowest BCUT2D eigenvalue weighted by Crippen LogP contribution is -1.93. The third-order valence-corrected chi connectivity index (χ3v) is 4.13. The van der Waals surface area contributed by atoms with Crippen LogP contribution in [0.25, 0.3) is 28.0 Å². The highest BCUT2D eigenvalue weighted by Crippen LogP contribution is 2.25. The van der Waals surface area contributed by atoms with Crippen LogP contribution in [0, 0.1) is 6.92 Å². The topological polar surface area (TPSA) is 43.3 Å². The fourth-order valence-corrected chi connectivity index (χ4v) is 2.75. The molecular formula is C20H17N3. The number of imidazole rings is 1. The van der Waals surface area contributed by atoms with Crippen molar-refractivity contribution in [2.24, 2.45) is 0 Å². The van der Waals surface area contributed by atoms with Crippen molar-refractivity contribution in [3.8, 4) is 22.4 Å². The number of benzene rings is 2. The van der Waals surface area contributed by atoms with Crippen LogP contribution in [0.15, 0.2) is 73.1 Å². The van der Waals surface area contributed by atoms with Gasteiger partial charge in [-0.25, -0.2) is 4.98 Å². The van der Waals surface area contributed by atoms with E-state index >= 15 is 0 Å². The minimum Gasteiger partial charge on any atom is -0.397 e. The van der Waals surface area contributed by atoms with Gasteiger partial charge in [-0.1, -0.05) is 54.6 Å². The lowest BCUT2D eigenvalue weighted by atomic mass is 10.0. The number of hydrogen-bond donors (Lipinski definition) is 1. The molecule has 0 spiro atoms. The van der Waals surface area contributed by atoms with Gasteiger partial charge in [0, 0.05) is 18.0 Å². The van der Waals surface area contributed by atoms with E-state index < -0.39 is 0 Å². The molecule has 0 aliphatic carbocycles. The number of hydrogen-bond acceptors (Lipinski definition) is 2. The molecule has 0 unspecified atom stereocenters. The van der Waals surface area contributed by atoms with Gasteiger partial charge in [-0.3, -0.25) is 0 Å². The van der Waals surface area contributed by atoms with E-state index in [0.29, 0.717) is 0 Å². The average molecular weight is 299 g/mol. The van der Waals surface area contributed by atoms with Crippen LogP contribution in [0.3, 0.4) is 0 Å². The van der Waals surface area contributed by atoms with E-state index in [1.54, 1.807) is 0 Å². The quantitative estimate of drug-likeness (QED) is 0.589. The molecule has 3 nitrogen and oxygen atoms in total. The van der Waals surface area contributed by atoms with Gasteiger partial charge in [-0.2, -0.15) is 0 Å². The first-order valence-corrected chi connectivity index (χ1v) is 7.61. The fraction of sp³-hybridized carbons (Fsp3) is 0.0500. The van der Waals surface area contributed by atoms with Crippen molar-refractivity contribution in [2.75, 3.05) is 5.73 Å². The maximum atomic E-state index is 5.97. The van der Waals surface area contributed by atoms with Gasteiger partial charge in [0.25, 0.3) is 0 Å². The number of nitrogens with two attached hydrogens (primary N) is 1.